The van der Waals surface area contributed by atoms with Gasteiger partial charge in [0, 0.05) is 63.5 Å². The molecular formula is C25H30FN5. The Balaban J connectivity index is 1.19. The van der Waals surface area contributed by atoms with Gasteiger partial charge in [0.1, 0.15) is 11.6 Å². The summed E-state index contributed by atoms with van der Waals surface area (Å²) in [5.41, 5.74) is 3.92. The number of aryl methyl sites for hydroxylation is 1. The first-order valence-electron chi connectivity index (χ1n) is 11.2. The van der Waals surface area contributed by atoms with Crippen LogP contribution in [0, 0.1) is 5.82 Å². The Morgan fingerprint density at radius 1 is 1.06 bits per heavy atom. The largest absolute Gasteiger partial charge is 0.367 e. The van der Waals surface area contributed by atoms with Crippen molar-refractivity contribution in [1.82, 2.24) is 19.8 Å². The molecule has 1 unspecified atom stereocenters. The van der Waals surface area contributed by atoms with Crippen LogP contribution in [0.15, 0.2) is 54.7 Å². The molecule has 3 heterocycles. The second kappa shape index (κ2) is 8.81. The van der Waals surface area contributed by atoms with Crippen molar-refractivity contribution in [2.75, 3.05) is 38.1 Å². The summed E-state index contributed by atoms with van der Waals surface area (Å²) >= 11 is 0. The number of anilines is 1. The number of halogens is 1. The number of benzene rings is 2. The standard InChI is InChI=1S/C25H30FN5/c1-29-11-13-30(14-12-29)24-9-7-19(15-22(24)26)16-27-21-8-10-25-28-23(18-31(25)17-21)20-5-3-2-4-6-20/h2-7,9,15,18,21,27H,8,10-14,16-17H2,1H3. The molecule has 0 amide bonds. The van der Waals surface area contributed by atoms with E-state index in [0.29, 0.717) is 12.6 Å². The molecule has 2 aliphatic rings. The number of imidazole rings is 1. The zero-order chi connectivity index (χ0) is 21.2. The smallest absolute Gasteiger partial charge is 0.146 e. The Labute approximate surface area is 183 Å². The SMILES string of the molecule is CN1CCN(c2ccc(CNC3CCc4nc(-c5ccccc5)cn4C3)cc2F)CC1. The van der Waals surface area contributed by atoms with E-state index in [2.05, 4.69) is 51.1 Å². The van der Waals surface area contributed by atoms with Crippen molar-refractivity contribution < 1.29 is 4.39 Å². The van der Waals surface area contributed by atoms with Crippen molar-refractivity contribution in [2.24, 2.45) is 0 Å². The molecule has 5 nitrogen and oxygen atoms in total. The van der Waals surface area contributed by atoms with Crippen molar-refractivity contribution in [3.05, 3.63) is 71.9 Å². The van der Waals surface area contributed by atoms with E-state index in [1.165, 1.54) is 0 Å². The highest BCUT2D eigenvalue weighted by Crippen LogP contribution is 2.24. The lowest BCUT2D eigenvalue weighted by atomic mass is 10.1. The Kier molecular flexibility index (Phi) is 5.74. The Hall–Kier alpha value is -2.70. The van der Waals surface area contributed by atoms with Crippen molar-refractivity contribution in [2.45, 2.75) is 32.0 Å². The number of hydrogen-bond acceptors (Lipinski definition) is 4. The second-order valence-electron chi connectivity index (χ2n) is 8.75. The minimum Gasteiger partial charge on any atom is -0.367 e. The highest BCUT2D eigenvalue weighted by atomic mass is 19.1. The summed E-state index contributed by atoms with van der Waals surface area (Å²) in [6, 6.07) is 16.4. The molecule has 31 heavy (non-hydrogen) atoms. The van der Waals surface area contributed by atoms with Gasteiger partial charge in [0.25, 0.3) is 0 Å². The fourth-order valence-electron chi connectivity index (χ4n) is 4.58. The minimum absolute atomic E-state index is 0.114. The summed E-state index contributed by atoms with van der Waals surface area (Å²) in [5.74, 6) is 1.04. The topological polar surface area (TPSA) is 36.3 Å². The fourth-order valence-corrected chi connectivity index (χ4v) is 4.58. The number of rotatable bonds is 5. The molecule has 0 saturated carbocycles. The summed E-state index contributed by atoms with van der Waals surface area (Å²) < 4.78 is 17.0. The van der Waals surface area contributed by atoms with E-state index in [-0.39, 0.29) is 5.82 Å². The van der Waals surface area contributed by atoms with Crippen molar-refractivity contribution in [3.63, 3.8) is 0 Å². The number of aromatic nitrogens is 2. The van der Waals surface area contributed by atoms with Crippen LogP contribution in [0.5, 0.6) is 0 Å². The van der Waals surface area contributed by atoms with Crippen LogP contribution in [0.25, 0.3) is 11.3 Å². The average Bonchev–Trinajstić information content (AvgIpc) is 3.23. The zero-order valence-corrected chi connectivity index (χ0v) is 18.1. The Bertz CT molecular complexity index is 1020. The highest BCUT2D eigenvalue weighted by molar-refractivity contribution is 5.58. The van der Waals surface area contributed by atoms with Crippen molar-refractivity contribution >= 4 is 5.69 Å². The van der Waals surface area contributed by atoms with Crippen LogP contribution in [0.2, 0.25) is 0 Å². The summed E-state index contributed by atoms with van der Waals surface area (Å²) in [5, 5.41) is 3.62. The molecule has 3 aromatic rings. The molecule has 0 aliphatic carbocycles. The Morgan fingerprint density at radius 2 is 1.87 bits per heavy atom. The van der Waals surface area contributed by atoms with Gasteiger partial charge in [0.05, 0.1) is 11.4 Å². The molecule has 1 fully saturated rings. The summed E-state index contributed by atoms with van der Waals surface area (Å²) in [6.45, 7) is 5.30. The zero-order valence-electron chi connectivity index (χ0n) is 18.1. The minimum atomic E-state index is -0.114. The van der Waals surface area contributed by atoms with Gasteiger partial charge in [-0.2, -0.15) is 0 Å². The summed E-state index contributed by atoms with van der Waals surface area (Å²) in [4.78, 5) is 9.26. The third-order valence-electron chi connectivity index (χ3n) is 6.51. The van der Waals surface area contributed by atoms with Crippen LogP contribution in [-0.2, 0) is 19.5 Å². The van der Waals surface area contributed by atoms with Crippen LogP contribution < -0.4 is 10.2 Å². The maximum Gasteiger partial charge on any atom is 0.146 e. The molecule has 0 radical (unpaired) electrons. The third-order valence-corrected chi connectivity index (χ3v) is 6.51. The molecule has 1 N–H and O–H groups in total. The Morgan fingerprint density at radius 3 is 2.65 bits per heavy atom. The van der Waals surface area contributed by atoms with Gasteiger partial charge in [-0.25, -0.2) is 9.37 Å². The van der Waals surface area contributed by atoms with E-state index >= 15 is 0 Å². The molecule has 0 bridgehead atoms. The van der Waals surface area contributed by atoms with Crippen molar-refractivity contribution in [3.8, 4) is 11.3 Å². The van der Waals surface area contributed by atoms with Crippen LogP contribution in [0.4, 0.5) is 10.1 Å². The lowest BCUT2D eigenvalue weighted by molar-refractivity contribution is 0.311. The first-order valence-corrected chi connectivity index (χ1v) is 11.2. The lowest BCUT2D eigenvalue weighted by Gasteiger charge is -2.34. The van der Waals surface area contributed by atoms with Crippen LogP contribution >= 0.6 is 0 Å². The number of fused-ring (bicyclic) bond motifs is 1. The third kappa shape index (κ3) is 4.50. The maximum absolute atomic E-state index is 14.8. The average molecular weight is 420 g/mol. The maximum atomic E-state index is 14.8. The lowest BCUT2D eigenvalue weighted by Crippen LogP contribution is -2.44. The molecule has 6 heteroatoms. The molecule has 162 valence electrons. The van der Waals surface area contributed by atoms with Gasteiger partial charge < -0.3 is 19.7 Å². The molecule has 5 rings (SSSR count). The van der Waals surface area contributed by atoms with E-state index in [1.807, 2.05) is 24.3 Å². The first kappa shape index (κ1) is 20.2. The fraction of sp³-hybridized carbons (Fsp3) is 0.400. The van der Waals surface area contributed by atoms with Gasteiger partial charge in [-0.15, -0.1) is 0 Å². The van der Waals surface area contributed by atoms with Gasteiger partial charge in [-0.3, -0.25) is 0 Å². The van der Waals surface area contributed by atoms with Gasteiger partial charge >= 0.3 is 0 Å². The second-order valence-corrected chi connectivity index (χ2v) is 8.75. The predicted octanol–water partition coefficient (Wildman–Crippen LogP) is 3.55. The van der Waals surface area contributed by atoms with Crippen molar-refractivity contribution in [1.29, 1.82) is 0 Å². The number of nitrogens with one attached hydrogen (secondary N) is 1. The quantitative estimate of drug-likeness (QED) is 0.686. The van der Waals surface area contributed by atoms with Gasteiger partial charge in [0.2, 0.25) is 0 Å². The molecular weight excluding hydrogens is 389 g/mol. The molecule has 1 saturated heterocycles. The molecule has 1 atom stereocenters. The summed E-state index contributed by atoms with van der Waals surface area (Å²) in [6.07, 6.45) is 4.16. The first-order chi connectivity index (χ1) is 15.2. The van der Waals surface area contributed by atoms with E-state index in [9.17, 15) is 4.39 Å². The number of piperazine rings is 1. The monoisotopic (exact) mass is 419 g/mol. The van der Waals surface area contributed by atoms with Gasteiger partial charge in [0.15, 0.2) is 0 Å². The van der Waals surface area contributed by atoms with E-state index < -0.39 is 0 Å². The number of hydrogen-bond donors (Lipinski definition) is 1. The van der Waals surface area contributed by atoms with Crippen LogP contribution in [0.3, 0.4) is 0 Å². The molecule has 2 aliphatic heterocycles. The number of nitrogens with zero attached hydrogens (tertiary/aromatic N) is 4. The van der Waals surface area contributed by atoms with E-state index in [1.54, 1.807) is 6.07 Å². The summed E-state index contributed by atoms with van der Waals surface area (Å²) in [7, 11) is 2.11. The van der Waals surface area contributed by atoms with Crippen LogP contribution in [0.1, 0.15) is 17.8 Å². The van der Waals surface area contributed by atoms with E-state index in [0.717, 1.165) is 73.9 Å². The highest BCUT2D eigenvalue weighted by Gasteiger charge is 2.21. The predicted molar refractivity (Wildman–Crippen MR) is 123 cm³/mol. The van der Waals surface area contributed by atoms with E-state index in [4.69, 9.17) is 4.98 Å². The van der Waals surface area contributed by atoms with Gasteiger partial charge in [-0.05, 0) is 31.2 Å². The molecule has 2 aromatic carbocycles. The normalized spacial score (nSPS) is 19.4. The number of likely N-dealkylation sites (N-methyl/N-ethyl adjacent to an activating group) is 1. The van der Waals surface area contributed by atoms with Crippen LogP contribution in [-0.4, -0.2) is 53.7 Å². The molecule has 1 aromatic heterocycles. The van der Waals surface area contributed by atoms with Gasteiger partial charge in [-0.1, -0.05) is 36.4 Å². The molecule has 0 spiro atoms.